The number of carbonyl (C=O) groups is 1. The maximum atomic E-state index is 12.4. The van der Waals surface area contributed by atoms with E-state index >= 15 is 0 Å². The average Bonchev–Trinajstić information content (AvgIpc) is 2.60. The molecule has 0 heterocycles. The van der Waals surface area contributed by atoms with Gasteiger partial charge in [-0.05, 0) is 25.0 Å². The number of hydrogen-bond acceptors (Lipinski definition) is 6. The quantitative estimate of drug-likeness (QED) is 0.548. The fourth-order valence-corrected chi connectivity index (χ4v) is 3.22. The summed E-state index contributed by atoms with van der Waals surface area (Å²) in [5.74, 6) is 0.630. The van der Waals surface area contributed by atoms with Crippen LogP contribution in [0.3, 0.4) is 0 Å². The molecule has 1 rings (SSSR count). The fourth-order valence-electron chi connectivity index (χ4n) is 2.18. The third-order valence-corrected chi connectivity index (χ3v) is 5.89. The van der Waals surface area contributed by atoms with Gasteiger partial charge in [0.25, 0.3) is 0 Å². The van der Waals surface area contributed by atoms with Gasteiger partial charge in [-0.2, -0.15) is 0 Å². The van der Waals surface area contributed by atoms with Crippen molar-refractivity contribution in [3.05, 3.63) is 18.2 Å². The zero-order chi connectivity index (χ0) is 20.0. The van der Waals surface area contributed by atoms with E-state index in [9.17, 15) is 13.2 Å². The Morgan fingerprint density at radius 3 is 2.35 bits per heavy atom. The molecule has 0 aliphatic heterocycles. The average molecular weight is 388 g/mol. The van der Waals surface area contributed by atoms with Crippen LogP contribution in [0.25, 0.3) is 0 Å². The number of rotatable bonds is 10. The minimum absolute atomic E-state index is 0.00876. The van der Waals surface area contributed by atoms with Crippen molar-refractivity contribution in [3.63, 3.8) is 0 Å². The Morgan fingerprint density at radius 1 is 1.23 bits per heavy atom. The third kappa shape index (κ3) is 5.58. The van der Waals surface area contributed by atoms with Gasteiger partial charge in [-0.1, -0.05) is 13.8 Å². The number of amides is 1. The van der Waals surface area contributed by atoms with Crippen molar-refractivity contribution < 1.29 is 22.7 Å². The topological polar surface area (TPSA) is 120 Å². The molecule has 1 aromatic rings. The maximum absolute atomic E-state index is 12.4. The first-order valence-electron chi connectivity index (χ1n) is 8.32. The van der Waals surface area contributed by atoms with Crippen LogP contribution in [0.2, 0.25) is 0 Å². The van der Waals surface area contributed by atoms with E-state index < -0.39 is 15.6 Å². The summed E-state index contributed by atoms with van der Waals surface area (Å²) in [4.78, 5) is 12.1. The Bertz CT molecular complexity index is 721. The second kappa shape index (κ2) is 9.20. The van der Waals surface area contributed by atoms with Crippen molar-refractivity contribution in [2.45, 2.75) is 37.6 Å². The predicted molar refractivity (Wildman–Crippen MR) is 99.8 cm³/mol. The van der Waals surface area contributed by atoms with Gasteiger partial charge < -0.3 is 20.5 Å². The standard InChI is InChI=1S/C17H29N3O5S/c1-12(2)17(3,11-18)20-16(21)8-9-19-26(22,23)13-6-7-14(24-4)15(10-13)25-5/h6-7,10,12,19H,8-9,11,18H2,1-5H3,(H,20,21). The minimum atomic E-state index is -3.77. The van der Waals surface area contributed by atoms with E-state index in [1.807, 2.05) is 20.8 Å². The summed E-state index contributed by atoms with van der Waals surface area (Å²) in [5.41, 5.74) is 5.20. The number of nitrogens with two attached hydrogens (primary N) is 1. The smallest absolute Gasteiger partial charge is 0.240 e. The van der Waals surface area contributed by atoms with Crippen LogP contribution < -0.4 is 25.2 Å². The van der Waals surface area contributed by atoms with Gasteiger partial charge in [-0.25, -0.2) is 13.1 Å². The number of methoxy groups -OCH3 is 2. The molecule has 0 radical (unpaired) electrons. The molecule has 1 atom stereocenters. The Morgan fingerprint density at radius 2 is 1.85 bits per heavy atom. The van der Waals surface area contributed by atoms with Crippen molar-refractivity contribution >= 4 is 15.9 Å². The van der Waals surface area contributed by atoms with E-state index in [0.717, 1.165) is 0 Å². The summed E-state index contributed by atoms with van der Waals surface area (Å²) >= 11 is 0. The molecule has 0 fully saturated rings. The van der Waals surface area contributed by atoms with Gasteiger partial charge in [0.2, 0.25) is 15.9 Å². The lowest BCUT2D eigenvalue weighted by Gasteiger charge is -2.33. The largest absolute Gasteiger partial charge is 0.493 e. The van der Waals surface area contributed by atoms with Crippen LogP contribution in [0, 0.1) is 5.92 Å². The normalized spacial score (nSPS) is 14.0. The van der Waals surface area contributed by atoms with Crippen LogP contribution >= 0.6 is 0 Å². The predicted octanol–water partition coefficient (Wildman–Crippen LogP) is 0.862. The lowest BCUT2D eigenvalue weighted by atomic mass is 9.88. The second-order valence-corrected chi connectivity index (χ2v) is 8.26. The van der Waals surface area contributed by atoms with Gasteiger partial charge in [0, 0.05) is 25.6 Å². The van der Waals surface area contributed by atoms with Gasteiger partial charge in [0.05, 0.1) is 24.7 Å². The van der Waals surface area contributed by atoms with Crippen LogP contribution in [-0.2, 0) is 14.8 Å². The molecule has 0 bridgehead atoms. The number of sulfonamides is 1. The summed E-state index contributed by atoms with van der Waals surface area (Å²) < 4.78 is 37.4. The SMILES string of the molecule is COc1ccc(S(=O)(=O)NCCC(=O)NC(C)(CN)C(C)C)cc1OC. The molecule has 8 nitrogen and oxygen atoms in total. The maximum Gasteiger partial charge on any atom is 0.240 e. The molecule has 0 aromatic heterocycles. The number of ether oxygens (including phenoxy) is 2. The van der Waals surface area contributed by atoms with Crippen molar-refractivity contribution in [1.82, 2.24) is 10.0 Å². The molecule has 1 aromatic carbocycles. The monoisotopic (exact) mass is 387 g/mol. The first kappa shape index (κ1) is 22.2. The van der Waals surface area contributed by atoms with Gasteiger partial charge in [0.1, 0.15) is 0 Å². The van der Waals surface area contributed by atoms with Gasteiger partial charge in [-0.15, -0.1) is 0 Å². The highest BCUT2D eigenvalue weighted by molar-refractivity contribution is 7.89. The highest BCUT2D eigenvalue weighted by Crippen LogP contribution is 2.29. The zero-order valence-electron chi connectivity index (χ0n) is 16.0. The van der Waals surface area contributed by atoms with E-state index in [-0.39, 0.29) is 29.7 Å². The van der Waals surface area contributed by atoms with E-state index in [1.54, 1.807) is 0 Å². The van der Waals surface area contributed by atoms with Gasteiger partial charge in [-0.3, -0.25) is 4.79 Å². The molecule has 148 valence electrons. The van der Waals surface area contributed by atoms with E-state index in [0.29, 0.717) is 18.0 Å². The van der Waals surface area contributed by atoms with Crippen molar-refractivity contribution in [3.8, 4) is 11.5 Å². The molecule has 9 heteroatoms. The molecule has 0 aliphatic carbocycles. The van der Waals surface area contributed by atoms with Crippen molar-refractivity contribution in [1.29, 1.82) is 0 Å². The molecule has 0 saturated heterocycles. The van der Waals surface area contributed by atoms with Crippen LogP contribution in [0.4, 0.5) is 0 Å². The van der Waals surface area contributed by atoms with E-state index in [1.165, 1.54) is 32.4 Å². The first-order valence-corrected chi connectivity index (χ1v) is 9.80. The Kier molecular flexibility index (Phi) is 7.86. The highest BCUT2D eigenvalue weighted by Gasteiger charge is 2.28. The number of hydrogen-bond donors (Lipinski definition) is 3. The van der Waals surface area contributed by atoms with E-state index in [4.69, 9.17) is 15.2 Å². The summed E-state index contributed by atoms with van der Waals surface area (Å²) in [7, 11) is -0.876. The number of benzene rings is 1. The second-order valence-electron chi connectivity index (χ2n) is 6.49. The number of carbonyl (C=O) groups excluding carboxylic acids is 1. The number of nitrogens with one attached hydrogen (secondary N) is 2. The first-order chi connectivity index (χ1) is 12.1. The molecular weight excluding hydrogens is 358 g/mol. The fraction of sp³-hybridized carbons (Fsp3) is 0.588. The molecule has 26 heavy (non-hydrogen) atoms. The van der Waals surface area contributed by atoms with Crippen LogP contribution in [0.5, 0.6) is 11.5 Å². The Hall–Kier alpha value is -1.84. The van der Waals surface area contributed by atoms with Crippen LogP contribution in [0.15, 0.2) is 23.1 Å². The molecule has 4 N–H and O–H groups in total. The van der Waals surface area contributed by atoms with Crippen molar-refractivity contribution in [2.75, 3.05) is 27.3 Å². The lowest BCUT2D eigenvalue weighted by Crippen LogP contribution is -2.55. The molecular formula is C17H29N3O5S. The van der Waals surface area contributed by atoms with Gasteiger partial charge >= 0.3 is 0 Å². The minimum Gasteiger partial charge on any atom is -0.493 e. The summed E-state index contributed by atoms with van der Waals surface area (Å²) in [6.45, 7) is 6.07. The zero-order valence-corrected chi connectivity index (χ0v) is 16.8. The third-order valence-electron chi connectivity index (χ3n) is 4.43. The summed E-state index contributed by atoms with van der Waals surface area (Å²) in [5, 5.41) is 2.87. The van der Waals surface area contributed by atoms with Crippen LogP contribution in [-0.4, -0.2) is 47.2 Å². The van der Waals surface area contributed by atoms with Gasteiger partial charge in [0.15, 0.2) is 11.5 Å². The lowest BCUT2D eigenvalue weighted by molar-refractivity contribution is -0.123. The molecule has 1 unspecified atom stereocenters. The molecule has 0 saturated carbocycles. The molecule has 0 aliphatic rings. The highest BCUT2D eigenvalue weighted by atomic mass is 32.2. The Labute approximate surface area is 155 Å². The molecule has 0 spiro atoms. The summed E-state index contributed by atoms with van der Waals surface area (Å²) in [6, 6.07) is 4.29. The van der Waals surface area contributed by atoms with Crippen LogP contribution in [0.1, 0.15) is 27.2 Å². The van der Waals surface area contributed by atoms with Crippen molar-refractivity contribution in [2.24, 2.45) is 11.7 Å². The van der Waals surface area contributed by atoms with E-state index in [2.05, 4.69) is 10.0 Å². The Balaban J connectivity index is 2.71. The summed E-state index contributed by atoms with van der Waals surface area (Å²) in [6.07, 6.45) is 0.00876. The molecule has 1 amide bonds.